The molecule has 8 heteroatoms. The molecule has 0 atom stereocenters. The summed E-state index contributed by atoms with van der Waals surface area (Å²) in [4.78, 5) is 36.4. The Balaban J connectivity index is 1.32. The number of halogens is 1. The average molecular weight is 472 g/mol. The van der Waals surface area contributed by atoms with Gasteiger partial charge in [-0.3, -0.25) is 9.59 Å². The van der Waals surface area contributed by atoms with Gasteiger partial charge in [-0.2, -0.15) is 5.10 Å². The lowest BCUT2D eigenvalue weighted by Crippen LogP contribution is -2.32. The zero-order chi connectivity index (χ0) is 23.9. The fourth-order valence-electron chi connectivity index (χ4n) is 3.12. The second-order valence-electron chi connectivity index (χ2n) is 7.15. The van der Waals surface area contributed by atoms with Crippen LogP contribution in [0.15, 0.2) is 96.1 Å². The summed E-state index contributed by atoms with van der Waals surface area (Å²) in [5.41, 5.74) is 3.69. The van der Waals surface area contributed by atoms with Gasteiger partial charge in [0, 0.05) is 10.7 Å². The van der Waals surface area contributed by atoms with Gasteiger partial charge < -0.3 is 10.1 Å². The van der Waals surface area contributed by atoms with E-state index in [4.69, 9.17) is 16.3 Å². The Morgan fingerprint density at radius 1 is 0.794 bits per heavy atom. The summed E-state index contributed by atoms with van der Waals surface area (Å²) in [5.74, 6) is -1.89. The van der Waals surface area contributed by atoms with Crippen molar-refractivity contribution < 1.29 is 19.1 Å². The van der Waals surface area contributed by atoms with E-state index < -0.39 is 17.8 Å². The molecule has 4 aromatic carbocycles. The lowest BCUT2D eigenvalue weighted by Gasteiger charge is -2.07. The number of nitrogens with one attached hydrogen (secondary N) is 2. The molecule has 0 aliphatic carbocycles. The summed E-state index contributed by atoms with van der Waals surface area (Å²) in [5, 5.41) is 8.49. The fourth-order valence-corrected chi connectivity index (χ4v) is 3.25. The second-order valence-corrected chi connectivity index (χ2v) is 7.58. The van der Waals surface area contributed by atoms with E-state index in [1.807, 2.05) is 36.4 Å². The van der Waals surface area contributed by atoms with Crippen LogP contribution in [0.5, 0.6) is 5.75 Å². The van der Waals surface area contributed by atoms with Gasteiger partial charge in [0.1, 0.15) is 5.75 Å². The molecule has 0 bridgehead atoms. The first kappa shape index (κ1) is 22.7. The number of ether oxygens (including phenoxy) is 1. The van der Waals surface area contributed by atoms with Crippen molar-refractivity contribution >= 4 is 52.1 Å². The number of fused-ring (bicyclic) bond motifs is 1. The minimum absolute atomic E-state index is 0.362. The van der Waals surface area contributed by atoms with Crippen LogP contribution >= 0.6 is 11.6 Å². The number of carbonyl (C=O) groups excluding carboxylic acids is 3. The predicted molar refractivity (Wildman–Crippen MR) is 131 cm³/mol. The highest BCUT2D eigenvalue weighted by Gasteiger charge is 2.13. The number of hydrazone groups is 1. The van der Waals surface area contributed by atoms with Crippen molar-refractivity contribution in [2.24, 2.45) is 5.10 Å². The highest BCUT2D eigenvalue weighted by atomic mass is 35.5. The molecule has 0 fully saturated rings. The molecule has 2 N–H and O–H groups in total. The van der Waals surface area contributed by atoms with E-state index in [1.165, 1.54) is 6.21 Å². The molecule has 0 spiro atoms. The molecule has 34 heavy (non-hydrogen) atoms. The Morgan fingerprint density at radius 2 is 1.50 bits per heavy atom. The molecule has 0 saturated heterocycles. The van der Waals surface area contributed by atoms with E-state index in [-0.39, 0.29) is 0 Å². The Morgan fingerprint density at radius 3 is 2.26 bits per heavy atom. The molecular weight excluding hydrogens is 454 g/mol. The van der Waals surface area contributed by atoms with Gasteiger partial charge in [0.05, 0.1) is 11.8 Å². The average Bonchev–Trinajstić information content (AvgIpc) is 2.86. The van der Waals surface area contributed by atoms with E-state index in [0.717, 1.165) is 10.8 Å². The van der Waals surface area contributed by atoms with E-state index in [1.54, 1.807) is 54.6 Å². The van der Waals surface area contributed by atoms with E-state index in [0.29, 0.717) is 27.6 Å². The van der Waals surface area contributed by atoms with Crippen LogP contribution in [0.1, 0.15) is 15.9 Å². The zero-order valence-electron chi connectivity index (χ0n) is 17.7. The maximum Gasteiger partial charge on any atom is 0.344 e. The normalized spacial score (nSPS) is 10.7. The zero-order valence-corrected chi connectivity index (χ0v) is 18.5. The van der Waals surface area contributed by atoms with Crippen LogP contribution in [0.25, 0.3) is 10.8 Å². The molecule has 0 aromatic heterocycles. The number of hydrogen-bond acceptors (Lipinski definition) is 5. The number of hydrogen-bond donors (Lipinski definition) is 2. The van der Waals surface area contributed by atoms with Crippen molar-refractivity contribution in [3.8, 4) is 5.75 Å². The van der Waals surface area contributed by atoms with Gasteiger partial charge in [-0.25, -0.2) is 10.2 Å². The van der Waals surface area contributed by atoms with Gasteiger partial charge in [0.25, 0.3) is 0 Å². The standard InChI is InChI=1S/C26H18ClN3O4/c27-19-10-12-20(13-11-19)29-24(31)25(32)30-28-16-17-8-14-21(15-9-17)34-26(33)23-7-3-5-18-4-1-2-6-22(18)23/h1-16H,(H,29,31)(H,30,32). The number of benzene rings is 4. The first-order valence-electron chi connectivity index (χ1n) is 10.2. The number of esters is 1. The number of carbonyl (C=O) groups is 3. The van der Waals surface area contributed by atoms with Crippen molar-refractivity contribution in [2.45, 2.75) is 0 Å². The quantitative estimate of drug-likeness (QED) is 0.144. The van der Waals surface area contributed by atoms with Crippen LogP contribution in [0.4, 0.5) is 5.69 Å². The molecule has 7 nitrogen and oxygen atoms in total. The first-order valence-corrected chi connectivity index (χ1v) is 10.6. The lowest BCUT2D eigenvalue weighted by atomic mass is 10.0. The summed E-state index contributed by atoms with van der Waals surface area (Å²) in [7, 11) is 0. The Bertz CT molecular complexity index is 1380. The molecule has 2 amide bonds. The SMILES string of the molecule is O=C(NN=Cc1ccc(OC(=O)c2cccc3ccccc23)cc1)C(=O)Nc1ccc(Cl)cc1. The van der Waals surface area contributed by atoms with Gasteiger partial charge in [0.15, 0.2) is 0 Å². The summed E-state index contributed by atoms with van der Waals surface area (Å²) in [6.45, 7) is 0. The topological polar surface area (TPSA) is 96.9 Å². The summed E-state index contributed by atoms with van der Waals surface area (Å²) >= 11 is 5.79. The molecule has 4 aromatic rings. The van der Waals surface area contributed by atoms with Crippen LogP contribution in [0.2, 0.25) is 5.02 Å². The number of nitrogens with zero attached hydrogens (tertiary/aromatic N) is 1. The monoisotopic (exact) mass is 471 g/mol. The number of anilines is 1. The summed E-state index contributed by atoms with van der Waals surface area (Å²) < 4.78 is 5.49. The first-order chi connectivity index (χ1) is 16.5. The molecule has 0 aliphatic rings. The van der Waals surface area contributed by atoms with Crippen LogP contribution in [0.3, 0.4) is 0 Å². The molecule has 0 heterocycles. The van der Waals surface area contributed by atoms with Crippen molar-refractivity contribution in [1.82, 2.24) is 5.43 Å². The largest absolute Gasteiger partial charge is 0.423 e. The van der Waals surface area contributed by atoms with Crippen LogP contribution in [-0.2, 0) is 9.59 Å². The Labute approximate surface area is 200 Å². The predicted octanol–water partition coefficient (Wildman–Crippen LogP) is 4.80. The van der Waals surface area contributed by atoms with Gasteiger partial charge in [0.2, 0.25) is 0 Å². The van der Waals surface area contributed by atoms with E-state index >= 15 is 0 Å². The van der Waals surface area contributed by atoms with Crippen molar-refractivity contribution in [2.75, 3.05) is 5.32 Å². The van der Waals surface area contributed by atoms with Crippen LogP contribution < -0.4 is 15.5 Å². The lowest BCUT2D eigenvalue weighted by molar-refractivity contribution is -0.136. The van der Waals surface area contributed by atoms with Crippen molar-refractivity contribution in [3.05, 3.63) is 107 Å². The third-order valence-electron chi connectivity index (χ3n) is 4.79. The molecule has 4 rings (SSSR count). The highest BCUT2D eigenvalue weighted by Crippen LogP contribution is 2.21. The Kier molecular flexibility index (Phi) is 6.95. The minimum Gasteiger partial charge on any atom is -0.423 e. The van der Waals surface area contributed by atoms with Gasteiger partial charge in [-0.15, -0.1) is 0 Å². The van der Waals surface area contributed by atoms with Crippen molar-refractivity contribution in [1.29, 1.82) is 0 Å². The van der Waals surface area contributed by atoms with Gasteiger partial charge in [-0.1, -0.05) is 48.0 Å². The van der Waals surface area contributed by atoms with E-state index in [9.17, 15) is 14.4 Å². The smallest absolute Gasteiger partial charge is 0.344 e. The second kappa shape index (κ2) is 10.4. The molecule has 0 aliphatic heterocycles. The molecule has 0 radical (unpaired) electrons. The molecule has 0 saturated carbocycles. The molecule has 168 valence electrons. The molecule has 0 unspecified atom stereocenters. The van der Waals surface area contributed by atoms with Crippen LogP contribution in [0, 0.1) is 0 Å². The van der Waals surface area contributed by atoms with Gasteiger partial charge in [-0.05, 0) is 70.9 Å². The minimum atomic E-state index is -0.924. The van der Waals surface area contributed by atoms with Crippen LogP contribution in [-0.4, -0.2) is 24.0 Å². The molecular formula is C26H18ClN3O4. The number of amides is 2. The van der Waals surface area contributed by atoms with Gasteiger partial charge >= 0.3 is 17.8 Å². The number of rotatable bonds is 5. The summed E-state index contributed by atoms with van der Waals surface area (Å²) in [6, 6.07) is 25.9. The maximum absolute atomic E-state index is 12.6. The highest BCUT2D eigenvalue weighted by molar-refractivity contribution is 6.39. The fraction of sp³-hybridized carbons (Fsp3) is 0. The third-order valence-corrected chi connectivity index (χ3v) is 5.04. The Hall–Kier alpha value is -4.49. The van der Waals surface area contributed by atoms with Crippen molar-refractivity contribution in [3.63, 3.8) is 0 Å². The van der Waals surface area contributed by atoms with E-state index in [2.05, 4.69) is 15.8 Å². The third kappa shape index (κ3) is 5.65. The summed E-state index contributed by atoms with van der Waals surface area (Å²) in [6.07, 6.45) is 1.36. The maximum atomic E-state index is 12.6.